The molecule has 5 nitrogen and oxygen atoms in total. The lowest BCUT2D eigenvalue weighted by Crippen LogP contribution is -2.32. The van der Waals surface area contributed by atoms with E-state index in [-0.39, 0.29) is 12.2 Å². The van der Waals surface area contributed by atoms with Crippen molar-refractivity contribution in [3.05, 3.63) is 161 Å². The summed E-state index contributed by atoms with van der Waals surface area (Å²) in [5.41, 5.74) is 8.82. The number of anilines is 1. The van der Waals surface area contributed by atoms with E-state index in [4.69, 9.17) is 4.74 Å². The third kappa shape index (κ3) is 6.41. The molecule has 0 fully saturated rings. The minimum atomic E-state index is -0.997. The molecule has 0 saturated heterocycles. The summed E-state index contributed by atoms with van der Waals surface area (Å²) >= 11 is 0. The van der Waals surface area contributed by atoms with Gasteiger partial charge in [0.2, 0.25) is 0 Å². The third-order valence-electron chi connectivity index (χ3n) is 7.67. The summed E-state index contributed by atoms with van der Waals surface area (Å²) in [6.07, 6.45) is 5.27. The molecular weight excluding hydrogens is 534 g/mol. The molecule has 5 aromatic carbocycles. The molecule has 0 bridgehead atoms. The van der Waals surface area contributed by atoms with Crippen LogP contribution in [0.15, 0.2) is 127 Å². The van der Waals surface area contributed by atoms with E-state index in [0.717, 1.165) is 17.5 Å². The number of hydrogen-bond donors (Lipinski definition) is 2. The fraction of sp³-hybridized carbons (Fsp3) is 0.105. The molecule has 0 radical (unpaired) electrons. The Kier molecular flexibility index (Phi) is 8.14. The van der Waals surface area contributed by atoms with Crippen LogP contribution in [0.4, 0.5) is 5.69 Å². The fourth-order valence-electron chi connectivity index (χ4n) is 5.49. The SMILES string of the molecule is O=C(c1ccccc1)c1ccccc1N[C@@H](Cc1ccc(OCC=Cc2ccc3c(c2)Cc2ccccc2-3)cc1)C(=O)O. The van der Waals surface area contributed by atoms with Crippen molar-refractivity contribution in [3.63, 3.8) is 0 Å². The largest absolute Gasteiger partial charge is 0.490 e. The number of carboxylic acid groups (broad SMARTS) is 1. The molecule has 0 heterocycles. The summed E-state index contributed by atoms with van der Waals surface area (Å²) in [6, 6.07) is 37.6. The van der Waals surface area contributed by atoms with Crippen LogP contribution < -0.4 is 10.1 Å². The van der Waals surface area contributed by atoms with Gasteiger partial charge >= 0.3 is 5.97 Å². The minimum Gasteiger partial charge on any atom is -0.490 e. The van der Waals surface area contributed by atoms with Gasteiger partial charge in [-0.05, 0) is 70.1 Å². The normalized spacial score (nSPS) is 12.4. The molecule has 0 saturated carbocycles. The van der Waals surface area contributed by atoms with Crippen LogP contribution in [-0.4, -0.2) is 29.5 Å². The molecule has 1 atom stereocenters. The Labute approximate surface area is 251 Å². The Hall–Kier alpha value is -5.42. The van der Waals surface area contributed by atoms with Gasteiger partial charge in [0.15, 0.2) is 5.78 Å². The van der Waals surface area contributed by atoms with Gasteiger partial charge < -0.3 is 15.2 Å². The molecule has 212 valence electrons. The van der Waals surface area contributed by atoms with E-state index in [2.05, 4.69) is 53.9 Å². The lowest BCUT2D eigenvalue weighted by Gasteiger charge is -2.18. The van der Waals surface area contributed by atoms with E-state index in [1.807, 2.05) is 36.4 Å². The highest BCUT2D eigenvalue weighted by Crippen LogP contribution is 2.36. The fourth-order valence-corrected chi connectivity index (χ4v) is 5.49. The van der Waals surface area contributed by atoms with E-state index >= 15 is 0 Å². The van der Waals surface area contributed by atoms with Crippen molar-refractivity contribution >= 4 is 23.5 Å². The average molecular weight is 566 g/mol. The van der Waals surface area contributed by atoms with Gasteiger partial charge in [-0.25, -0.2) is 4.79 Å². The van der Waals surface area contributed by atoms with Gasteiger partial charge in [-0.3, -0.25) is 4.79 Å². The molecule has 0 unspecified atom stereocenters. The summed E-state index contributed by atoms with van der Waals surface area (Å²) in [5, 5.41) is 13.0. The van der Waals surface area contributed by atoms with Crippen LogP contribution in [0.1, 0.15) is 38.2 Å². The number of carbonyl (C=O) groups excluding carboxylic acids is 1. The van der Waals surface area contributed by atoms with Gasteiger partial charge in [-0.15, -0.1) is 0 Å². The zero-order valence-corrected chi connectivity index (χ0v) is 23.6. The number of carboxylic acids is 1. The first-order valence-corrected chi connectivity index (χ1v) is 14.3. The van der Waals surface area contributed by atoms with Crippen molar-refractivity contribution in [2.24, 2.45) is 0 Å². The smallest absolute Gasteiger partial charge is 0.326 e. The number of ether oxygens (including phenoxy) is 1. The summed E-state index contributed by atoms with van der Waals surface area (Å²) < 4.78 is 5.90. The Morgan fingerprint density at radius 1 is 0.791 bits per heavy atom. The van der Waals surface area contributed by atoms with Gasteiger partial charge in [-0.1, -0.05) is 103 Å². The van der Waals surface area contributed by atoms with Crippen LogP contribution in [0.5, 0.6) is 5.75 Å². The predicted octanol–water partition coefficient (Wildman–Crippen LogP) is 7.69. The van der Waals surface area contributed by atoms with Crippen LogP contribution >= 0.6 is 0 Å². The molecule has 0 spiro atoms. The van der Waals surface area contributed by atoms with Gasteiger partial charge in [0.1, 0.15) is 18.4 Å². The van der Waals surface area contributed by atoms with Crippen molar-refractivity contribution in [3.8, 4) is 16.9 Å². The summed E-state index contributed by atoms with van der Waals surface area (Å²) in [4.78, 5) is 25.2. The molecule has 1 aliphatic carbocycles. The van der Waals surface area contributed by atoms with E-state index in [1.54, 1.807) is 48.5 Å². The van der Waals surface area contributed by atoms with E-state index in [9.17, 15) is 14.7 Å². The summed E-state index contributed by atoms with van der Waals surface area (Å²) in [7, 11) is 0. The second-order valence-corrected chi connectivity index (χ2v) is 10.6. The minimum absolute atomic E-state index is 0.162. The Morgan fingerprint density at radius 2 is 1.51 bits per heavy atom. The number of hydrogen-bond acceptors (Lipinski definition) is 4. The first-order valence-electron chi connectivity index (χ1n) is 14.3. The van der Waals surface area contributed by atoms with E-state index in [1.165, 1.54) is 22.3 Å². The molecule has 0 aromatic heterocycles. The van der Waals surface area contributed by atoms with Crippen LogP contribution in [0.2, 0.25) is 0 Å². The lowest BCUT2D eigenvalue weighted by molar-refractivity contribution is -0.137. The number of aliphatic carboxylic acids is 1. The first-order chi connectivity index (χ1) is 21.0. The Morgan fingerprint density at radius 3 is 2.33 bits per heavy atom. The maximum atomic E-state index is 13.1. The number of ketones is 1. The molecular formula is C38H31NO4. The highest BCUT2D eigenvalue weighted by molar-refractivity contribution is 6.12. The molecule has 1 aliphatic rings. The van der Waals surface area contributed by atoms with Crippen molar-refractivity contribution in [2.75, 3.05) is 11.9 Å². The average Bonchev–Trinajstić information content (AvgIpc) is 3.41. The van der Waals surface area contributed by atoms with Crippen LogP contribution in [0, 0.1) is 0 Å². The topological polar surface area (TPSA) is 75.6 Å². The molecule has 5 heteroatoms. The van der Waals surface area contributed by atoms with Crippen molar-refractivity contribution in [1.82, 2.24) is 0 Å². The second-order valence-electron chi connectivity index (χ2n) is 10.6. The summed E-state index contributed by atoms with van der Waals surface area (Å²) in [6.45, 7) is 0.419. The van der Waals surface area contributed by atoms with E-state index < -0.39 is 12.0 Å². The molecule has 6 rings (SSSR count). The standard InChI is InChI=1S/C38H31NO4/c40-37(28-10-2-1-3-11-28)34-14-6-7-15-35(34)39-36(38(41)42)24-27-16-19-31(20-17-27)43-22-8-9-26-18-21-33-30(23-26)25-29-12-4-5-13-32(29)33/h1-21,23,36,39H,22,24-25H2,(H,41,42)/t36-/m0/s1. The quantitative estimate of drug-likeness (QED) is 0.158. The van der Waals surface area contributed by atoms with E-state index in [0.29, 0.717) is 29.2 Å². The van der Waals surface area contributed by atoms with Crippen LogP contribution in [0.25, 0.3) is 17.2 Å². The number of para-hydroxylation sites is 1. The zero-order valence-electron chi connectivity index (χ0n) is 23.6. The van der Waals surface area contributed by atoms with Gasteiger partial charge in [-0.2, -0.15) is 0 Å². The molecule has 2 N–H and O–H groups in total. The Balaban J connectivity index is 1.05. The number of nitrogens with one attached hydrogen (secondary N) is 1. The van der Waals surface area contributed by atoms with Crippen molar-refractivity contribution in [2.45, 2.75) is 18.9 Å². The van der Waals surface area contributed by atoms with Gasteiger partial charge in [0, 0.05) is 23.2 Å². The number of benzene rings is 5. The second kappa shape index (κ2) is 12.6. The Bertz CT molecular complexity index is 1790. The maximum absolute atomic E-state index is 13.1. The van der Waals surface area contributed by atoms with Gasteiger partial charge in [0.25, 0.3) is 0 Å². The first kappa shape index (κ1) is 27.7. The maximum Gasteiger partial charge on any atom is 0.326 e. The van der Waals surface area contributed by atoms with Crippen LogP contribution in [-0.2, 0) is 17.6 Å². The molecule has 5 aromatic rings. The lowest BCUT2D eigenvalue weighted by atomic mass is 10.00. The molecule has 43 heavy (non-hydrogen) atoms. The molecule has 0 aliphatic heterocycles. The van der Waals surface area contributed by atoms with Crippen molar-refractivity contribution in [1.29, 1.82) is 0 Å². The third-order valence-corrected chi connectivity index (χ3v) is 7.67. The van der Waals surface area contributed by atoms with Crippen LogP contribution in [0.3, 0.4) is 0 Å². The predicted molar refractivity (Wildman–Crippen MR) is 171 cm³/mol. The molecule has 0 amide bonds. The number of carbonyl (C=O) groups is 2. The number of fused-ring (bicyclic) bond motifs is 3. The van der Waals surface area contributed by atoms with Crippen molar-refractivity contribution < 1.29 is 19.4 Å². The zero-order chi connectivity index (χ0) is 29.6. The number of rotatable bonds is 11. The highest BCUT2D eigenvalue weighted by Gasteiger charge is 2.21. The summed E-state index contributed by atoms with van der Waals surface area (Å²) in [5.74, 6) is -0.454. The monoisotopic (exact) mass is 565 g/mol. The highest BCUT2D eigenvalue weighted by atomic mass is 16.5. The van der Waals surface area contributed by atoms with Gasteiger partial charge in [0.05, 0.1) is 0 Å².